The second-order valence-electron chi connectivity index (χ2n) is 17.2. The molecule has 13 aromatic rings. The van der Waals surface area contributed by atoms with Crippen LogP contribution in [-0.4, -0.2) is 6.30 Å². The number of hydrogen-bond donors (Lipinski definition) is 0. The van der Waals surface area contributed by atoms with Crippen molar-refractivity contribution in [3.63, 3.8) is 0 Å². The maximum atomic E-state index is 5.68. The van der Waals surface area contributed by atoms with Crippen molar-refractivity contribution in [3.8, 4) is 22.3 Å². The second-order valence-corrected chi connectivity index (χ2v) is 20.2. The monoisotopic (exact) mass is 828 g/mol. The van der Waals surface area contributed by atoms with Gasteiger partial charge in [0.05, 0.1) is 0 Å². The molecule has 0 saturated carbocycles. The van der Waals surface area contributed by atoms with Crippen LogP contribution in [0.15, 0.2) is 237 Å². The minimum absolute atomic E-state index is 1.24. The van der Waals surface area contributed by atoms with Crippen LogP contribution in [0.5, 0.6) is 0 Å². The molecule has 0 unspecified atom stereocenters. The highest BCUT2D eigenvalue weighted by atomic mass is 31.2. The predicted octanol–water partition coefficient (Wildman–Crippen LogP) is 16.0. The fourth-order valence-corrected chi connectivity index (χ4v) is 15.0. The summed E-state index contributed by atoms with van der Waals surface area (Å²) in [5, 5.41) is 24.0. The van der Waals surface area contributed by atoms with Gasteiger partial charge in [-0.2, -0.15) is 0 Å². The van der Waals surface area contributed by atoms with Crippen molar-refractivity contribution < 1.29 is 0 Å². The van der Waals surface area contributed by atoms with Gasteiger partial charge in [0, 0.05) is 0 Å². The van der Waals surface area contributed by atoms with E-state index in [0.29, 0.717) is 0 Å². The van der Waals surface area contributed by atoms with E-state index in [4.69, 9.17) is 6.30 Å². The molecule has 0 nitrogen and oxygen atoms in total. The van der Waals surface area contributed by atoms with E-state index in [0.717, 1.165) is 0 Å². The summed E-state index contributed by atoms with van der Waals surface area (Å²) in [7, 11) is 0. The molecule has 0 bridgehead atoms. The molecule has 0 heterocycles. The van der Waals surface area contributed by atoms with E-state index < -0.39 is 6.89 Å². The lowest BCUT2D eigenvalue weighted by Gasteiger charge is -2.33. The molecule has 0 amide bonds. The Kier molecular flexibility index (Phi) is 8.29. The van der Waals surface area contributed by atoms with E-state index in [1.165, 1.54) is 124 Å². The third kappa shape index (κ3) is 5.30. The molecule has 0 aliphatic carbocycles. The van der Waals surface area contributed by atoms with Gasteiger partial charge in [0.1, 0.15) is 0 Å². The molecule has 0 aromatic heterocycles. The number of benzene rings is 13. The van der Waals surface area contributed by atoms with E-state index in [2.05, 4.69) is 237 Å². The molecular weight excluding hydrogens is 788 g/mol. The zero-order valence-corrected chi connectivity index (χ0v) is 36.1. The summed E-state index contributed by atoms with van der Waals surface area (Å²) >= 11 is 0. The molecule has 1 heteroatoms. The van der Waals surface area contributed by atoms with E-state index in [9.17, 15) is 0 Å². The predicted molar refractivity (Wildman–Crippen MR) is 283 cm³/mol. The minimum atomic E-state index is -2.76. The summed E-state index contributed by atoms with van der Waals surface area (Å²) in [6, 6.07) is 88.2. The molecule has 0 atom stereocenters. The highest BCUT2D eigenvalue weighted by Crippen LogP contribution is 2.54. The molecular formula is C63H41P. The first-order valence-corrected chi connectivity index (χ1v) is 24.1. The van der Waals surface area contributed by atoms with Crippen molar-refractivity contribution in [2.24, 2.45) is 0 Å². The molecule has 0 radical (unpaired) electrons. The number of rotatable bonds is 5. The van der Waals surface area contributed by atoms with Crippen LogP contribution < -0.4 is 15.9 Å². The van der Waals surface area contributed by atoms with Gasteiger partial charge in [-0.1, -0.05) is 231 Å². The van der Waals surface area contributed by atoms with Crippen LogP contribution >= 0.6 is 6.89 Å². The van der Waals surface area contributed by atoms with Gasteiger partial charge < -0.3 is 0 Å². The van der Waals surface area contributed by atoms with Gasteiger partial charge in [-0.3, -0.25) is 0 Å². The van der Waals surface area contributed by atoms with Gasteiger partial charge in [0.2, 0.25) is 0 Å². The molecule has 0 fully saturated rings. The summed E-state index contributed by atoms with van der Waals surface area (Å²) in [5.41, 5.74) is 5.04. The Morgan fingerprint density at radius 3 is 0.859 bits per heavy atom. The molecule has 13 aromatic carbocycles. The van der Waals surface area contributed by atoms with Gasteiger partial charge in [-0.05, 0) is 143 Å². The lowest BCUT2D eigenvalue weighted by Crippen LogP contribution is -2.28. The maximum absolute atomic E-state index is 5.68. The minimum Gasteiger partial charge on any atom is -0.0886 e. The molecule has 0 aliphatic heterocycles. The van der Waals surface area contributed by atoms with Crippen molar-refractivity contribution in [3.05, 3.63) is 237 Å². The highest BCUT2D eigenvalue weighted by molar-refractivity contribution is 7.94. The van der Waals surface area contributed by atoms with Crippen molar-refractivity contribution in [2.45, 2.75) is 0 Å². The molecule has 64 heavy (non-hydrogen) atoms. The summed E-state index contributed by atoms with van der Waals surface area (Å²) < 4.78 is 0. The van der Waals surface area contributed by atoms with E-state index >= 15 is 0 Å². The Labute approximate surface area is 372 Å². The fourth-order valence-electron chi connectivity index (χ4n) is 11.2. The van der Waals surface area contributed by atoms with Crippen LogP contribution in [0.1, 0.15) is 0 Å². The largest absolute Gasteiger partial charge is 0.0886 e. The van der Waals surface area contributed by atoms with Crippen LogP contribution in [0, 0.1) is 0 Å². The lowest BCUT2D eigenvalue weighted by atomic mass is 9.87. The van der Waals surface area contributed by atoms with Crippen LogP contribution in [0.4, 0.5) is 0 Å². The Morgan fingerprint density at radius 2 is 0.500 bits per heavy atom. The Balaban J connectivity index is 1.21. The standard InChI is InChI=1S/C63H41P/c1-64(43-23-3-2-4-24-43,62-54-35-17-13-31-50(54)60(51-32-14-18-36-55(51)62)58-39-41-21-5-7-25-44(41)46-27-9-11-29-48(46)58)63-56-37-19-15-33-52(56)61(53-34-16-20-38-57(53)63)59-40-42-22-6-8-26-45(42)47-28-10-12-30-49(47)59/h2-40H,1H2. The summed E-state index contributed by atoms with van der Waals surface area (Å²) in [4.78, 5) is 0. The van der Waals surface area contributed by atoms with Crippen molar-refractivity contribution in [2.75, 3.05) is 0 Å². The maximum Gasteiger partial charge on any atom is -0.000840 e. The first-order valence-electron chi connectivity index (χ1n) is 22.2. The number of hydrogen-bond acceptors (Lipinski definition) is 0. The summed E-state index contributed by atoms with van der Waals surface area (Å²) in [6.07, 6.45) is 5.68. The fraction of sp³-hybridized carbons (Fsp3) is 0. The lowest BCUT2D eigenvalue weighted by molar-refractivity contribution is 1.72. The van der Waals surface area contributed by atoms with Crippen LogP contribution in [0.3, 0.4) is 0 Å². The average Bonchev–Trinajstić information content (AvgIpc) is 3.37. The molecule has 0 aliphatic rings. The van der Waals surface area contributed by atoms with Crippen molar-refractivity contribution in [1.82, 2.24) is 0 Å². The van der Waals surface area contributed by atoms with Crippen molar-refractivity contribution >= 4 is 115 Å². The van der Waals surface area contributed by atoms with Crippen molar-refractivity contribution in [1.29, 1.82) is 0 Å². The molecule has 13 rings (SSSR count). The van der Waals surface area contributed by atoms with Gasteiger partial charge in [-0.15, -0.1) is 0 Å². The topological polar surface area (TPSA) is 0 Å². The van der Waals surface area contributed by atoms with E-state index in [-0.39, 0.29) is 0 Å². The zero-order valence-electron chi connectivity index (χ0n) is 35.2. The SMILES string of the molecule is C=P(c1ccccc1)(c1c2ccccc2c(-c2cc3ccccc3c3ccccc23)c2ccccc12)c1c2ccccc2c(-c2cc3ccccc3c3ccccc23)c2ccccc12. The van der Waals surface area contributed by atoms with E-state index in [1.54, 1.807) is 0 Å². The van der Waals surface area contributed by atoms with Gasteiger partial charge >= 0.3 is 0 Å². The second kappa shape index (κ2) is 14.4. The Hall–Kier alpha value is -7.76. The molecule has 0 spiro atoms. The van der Waals surface area contributed by atoms with E-state index in [1.807, 2.05) is 0 Å². The molecule has 0 saturated heterocycles. The molecule has 298 valence electrons. The smallest absolute Gasteiger partial charge is 0.000840 e. The van der Waals surface area contributed by atoms with Crippen LogP contribution in [0.25, 0.3) is 108 Å². The number of fused-ring (bicyclic) bond motifs is 10. The van der Waals surface area contributed by atoms with Gasteiger partial charge in [0.25, 0.3) is 0 Å². The Bertz CT molecular complexity index is 3740. The third-order valence-corrected chi connectivity index (χ3v) is 17.5. The third-order valence-electron chi connectivity index (χ3n) is 13.8. The highest BCUT2D eigenvalue weighted by Gasteiger charge is 2.33. The van der Waals surface area contributed by atoms with Crippen LogP contribution in [-0.2, 0) is 0 Å². The van der Waals surface area contributed by atoms with Crippen LogP contribution in [0.2, 0.25) is 0 Å². The average molecular weight is 829 g/mol. The summed E-state index contributed by atoms with van der Waals surface area (Å²) in [5.74, 6) is 0. The van der Waals surface area contributed by atoms with Gasteiger partial charge in [0.15, 0.2) is 0 Å². The quantitative estimate of drug-likeness (QED) is 0.0921. The summed E-state index contributed by atoms with van der Waals surface area (Å²) in [6.45, 7) is -2.76. The first kappa shape index (κ1) is 36.9. The zero-order chi connectivity index (χ0) is 42.4. The molecule has 0 N–H and O–H groups in total. The normalized spacial score (nSPS) is 12.1. The Morgan fingerprint density at radius 1 is 0.234 bits per heavy atom. The first-order chi connectivity index (χ1) is 31.7. The van der Waals surface area contributed by atoms with Gasteiger partial charge in [-0.25, -0.2) is 0 Å².